The molecule has 0 fully saturated rings. The molecule has 4 nitrogen and oxygen atoms in total. The topological polar surface area (TPSA) is 50.4 Å². The molecule has 0 spiro atoms. The third kappa shape index (κ3) is 7.75. The number of para-hydroxylation sites is 1. The predicted molar refractivity (Wildman–Crippen MR) is 102 cm³/mol. The largest absolute Gasteiger partial charge is 0.493 e. The van der Waals surface area contributed by atoms with E-state index in [1.807, 2.05) is 37.3 Å². The molecule has 0 unspecified atom stereocenters. The van der Waals surface area contributed by atoms with Crippen LogP contribution in [0.2, 0.25) is 0 Å². The van der Waals surface area contributed by atoms with E-state index in [1.165, 1.54) is 5.56 Å². The van der Waals surface area contributed by atoms with E-state index in [-0.39, 0.29) is 6.03 Å². The highest BCUT2D eigenvalue weighted by Gasteiger charge is 2.00. The molecule has 0 bridgehead atoms. The Morgan fingerprint density at radius 2 is 1.56 bits per heavy atom. The van der Waals surface area contributed by atoms with Crippen molar-refractivity contribution in [3.63, 3.8) is 0 Å². The summed E-state index contributed by atoms with van der Waals surface area (Å²) in [5.74, 6) is 0.908. The molecule has 2 amide bonds. The van der Waals surface area contributed by atoms with Crippen molar-refractivity contribution >= 4 is 6.03 Å². The summed E-state index contributed by atoms with van der Waals surface area (Å²) in [5.41, 5.74) is 2.48. The van der Waals surface area contributed by atoms with Crippen molar-refractivity contribution in [3.8, 4) is 5.75 Å². The van der Waals surface area contributed by atoms with Crippen molar-refractivity contribution in [2.45, 2.75) is 32.6 Å². The molecule has 0 radical (unpaired) electrons. The molecule has 0 aliphatic carbocycles. The second-order valence-electron chi connectivity index (χ2n) is 6.09. The molecule has 0 saturated carbocycles. The molecule has 2 aromatic carbocycles. The average Bonchev–Trinajstić information content (AvgIpc) is 2.63. The molecule has 0 saturated heterocycles. The first-order valence-corrected chi connectivity index (χ1v) is 9.00. The van der Waals surface area contributed by atoms with Gasteiger partial charge in [-0.2, -0.15) is 0 Å². The molecule has 0 aliphatic heterocycles. The van der Waals surface area contributed by atoms with Crippen LogP contribution in [0.25, 0.3) is 0 Å². The molecule has 134 valence electrons. The molecule has 0 aromatic heterocycles. The van der Waals surface area contributed by atoms with Crippen molar-refractivity contribution in [2.75, 3.05) is 19.7 Å². The van der Waals surface area contributed by atoms with Gasteiger partial charge in [-0.3, -0.25) is 0 Å². The highest BCUT2D eigenvalue weighted by Crippen LogP contribution is 2.15. The molecule has 0 aliphatic rings. The van der Waals surface area contributed by atoms with E-state index in [0.717, 1.165) is 37.0 Å². The Morgan fingerprint density at radius 3 is 2.32 bits per heavy atom. The minimum absolute atomic E-state index is 0.101. The summed E-state index contributed by atoms with van der Waals surface area (Å²) >= 11 is 0. The molecule has 4 heteroatoms. The number of rotatable bonds is 10. The van der Waals surface area contributed by atoms with Crippen molar-refractivity contribution in [3.05, 3.63) is 65.7 Å². The zero-order chi connectivity index (χ0) is 17.7. The number of amides is 2. The van der Waals surface area contributed by atoms with E-state index in [4.69, 9.17) is 4.74 Å². The molecule has 25 heavy (non-hydrogen) atoms. The zero-order valence-electron chi connectivity index (χ0n) is 15.0. The Labute approximate surface area is 150 Å². The summed E-state index contributed by atoms with van der Waals surface area (Å²) < 4.78 is 5.70. The summed E-state index contributed by atoms with van der Waals surface area (Å²) in [6.45, 7) is 3.95. The summed E-state index contributed by atoms with van der Waals surface area (Å²) in [4.78, 5) is 11.7. The van der Waals surface area contributed by atoms with E-state index >= 15 is 0 Å². The lowest BCUT2D eigenvalue weighted by Gasteiger charge is -2.10. The minimum atomic E-state index is -0.101. The van der Waals surface area contributed by atoms with Gasteiger partial charge in [0.2, 0.25) is 0 Å². The number of benzene rings is 2. The van der Waals surface area contributed by atoms with Crippen molar-refractivity contribution in [2.24, 2.45) is 0 Å². The minimum Gasteiger partial charge on any atom is -0.493 e. The lowest BCUT2D eigenvalue weighted by atomic mass is 10.1. The van der Waals surface area contributed by atoms with Crippen LogP contribution < -0.4 is 15.4 Å². The third-order valence-electron chi connectivity index (χ3n) is 3.98. The predicted octanol–water partition coefficient (Wildman–Crippen LogP) is 4.09. The first kappa shape index (κ1) is 18.8. The summed E-state index contributed by atoms with van der Waals surface area (Å²) in [6, 6.07) is 18.3. The fourth-order valence-electron chi connectivity index (χ4n) is 2.54. The number of aryl methyl sites for hydroxylation is 2. The van der Waals surface area contributed by atoms with Gasteiger partial charge >= 0.3 is 6.03 Å². The summed E-state index contributed by atoms with van der Waals surface area (Å²) in [7, 11) is 0. The van der Waals surface area contributed by atoms with Crippen molar-refractivity contribution in [1.82, 2.24) is 10.6 Å². The normalized spacial score (nSPS) is 10.3. The van der Waals surface area contributed by atoms with Gasteiger partial charge in [0.25, 0.3) is 0 Å². The Hall–Kier alpha value is -2.49. The number of ether oxygens (including phenoxy) is 1. The highest BCUT2D eigenvalue weighted by atomic mass is 16.5. The van der Waals surface area contributed by atoms with Crippen molar-refractivity contribution in [1.29, 1.82) is 0 Å². The number of nitrogens with one attached hydrogen (secondary N) is 2. The molecule has 0 heterocycles. The van der Waals surface area contributed by atoms with E-state index < -0.39 is 0 Å². The maximum Gasteiger partial charge on any atom is 0.314 e. The third-order valence-corrected chi connectivity index (χ3v) is 3.98. The fourth-order valence-corrected chi connectivity index (χ4v) is 2.54. The van der Waals surface area contributed by atoms with E-state index in [1.54, 1.807) is 0 Å². The Morgan fingerprint density at radius 1 is 0.880 bits per heavy atom. The standard InChI is InChI=1S/C21H28N2O2/c1-18-10-5-6-14-20(18)25-17-9-16-23-21(24)22-15-8-7-13-19-11-3-2-4-12-19/h2-6,10-12,14H,7-9,13,15-17H2,1H3,(H2,22,23,24). The molecule has 2 N–H and O–H groups in total. The van der Waals surface area contributed by atoms with E-state index in [0.29, 0.717) is 19.7 Å². The van der Waals surface area contributed by atoms with Crippen LogP contribution in [0, 0.1) is 6.92 Å². The Kier molecular flexibility index (Phi) is 8.39. The van der Waals surface area contributed by atoms with Gasteiger partial charge in [-0.05, 0) is 49.8 Å². The number of unbranched alkanes of at least 4 members (excludes halogenated alkanes) is 1. The van der Waals surface area contributed by atoms with Gasteiger partial charge in [-0.25, -0.2) is 4.79 Å². The smallest absolute Gasteiger partial charge is 0.314 e. The second kappa shape index (κ2) is 11.1. The first-order valence-electron chi connectivity index (χ1n) is 9.00. The van der Waals surface area contributed by atoms with Crippen LogP contribution in [0.4, 0.5) is 4.79 Å². The van der Waals surface area contributed by atoms with Gasteiger partial charge in [0.1, 0.15) is 5.75 Å². The number of hydrogen-bond acceptors (Lipinski definition) is 2. The van der Waals surface area contributed by atoms with Crippen LogP contribution in [-0.4, -0.2) is 25.7 Å². The van der Waals surface area contributed by atoms with Crippen LogP contribution in [-0.2, 0) is 6.42 Å². The van der Waals surface area contributed by atoms with Gasteiger partial charge in [-0.15, -0.1) is 0 Å². The molecule has 2 rings (SSSR count). The summed E-state index contributed by atoms with van der Waals surface area (Å²) in [6.07, 6.45) is 3.91. The second-order valence-corrected chi connectivity index (χ2v) is 6.09. The zero-order valence-corrected chi connectivity index (χ0v) is 15.0. The highest BCUT2D eigenvalue weighted by molar-refractivity contribution is 5.73. The van der Waals surface area contributed by atoms with Crippen LogP contribution in [0.15, 0.2) is 54.6 Å². The first-order chi connectivity index (χ1) is 12.3. The van der Waals surface area contributed by atoms with E-state index in [2.05, 4.69) is 34.9 Å². The van der Waals surface area contributed by atoms with Crippen LogP contribution in [0.1, 0.15) is 30.4 Å². The number of carbonyl (C=O) groups is 1. The number of hydrogen-bond donors (Lipinski definition) is 2. The van der Waals surface area contributed by atoms with Crippen molar-refractivity contribution < 1.29 is 9.53 Å². The van der Waals surface area contributed by atoms with Gasteiger partial charge in [-0.1, -0.05) is 48.5 Å². The molecule has 0 atom stereocenters. The monoisotopic (exact) mass is 340 g/mol. The van der Waals surface area contributed by atoms with Gasteiger partial charge in [0.05, 0.1) is 6.61 Å². The molecule has 2 aromatic rings. The van der Waals surface area contributed by atoms with E-state index in [9.17, 15) is 4.79 Å². The van der Waals surface area contributed by atoms with Crippen LogP contribution in [0.5, 0.6) is 5.75 Å². The maximum atomic E-state index is 11.7. The maximum absolute atomic E-state index is 11.7. The number of carbonyl (C=O) groups excluding carboxylic acids is 1. The van der Waals surface area contributed by atoms with Crippen LogP contribution >= 0.6 is 0 Å². The van der Waals surface area contributed by atoms with Gasteiger partial charge < -0.3 is 15.4 Å². The molecular formula is C21H28N2O2. The summed E-state index contributed by atoms with van der Waals surface area (Å²) in [5, 5.41) is 5.76. The Balaban J connectivity index is 1.45. The fraction of sp³-hybridized carbons (Fsp3) is 0.381. The lowest BCUT2D eigenvalue weighted by Crippen LogP contribution is -2.36. The van der Waals surface area contributed by atoms with Crippen LogP contribution in [0.3, 0.4) is 0 Å². The lowest BCUT2D eigenvalue weighted by molar-refractivity contribution is 0.239. The Bertz CT molecular complexity index is 629. The molecular weight excluding hydrogens is 312 g/mol. The van der Waals surface area contributed by atoms with Gasteiger partial charge in [0, 0.05) is 13.1 Å². The average molecular weight is 340 g/mol. The van der Waals surface area contributed by atoms with Gasteiger partial charge in [0.15, 0.2) is 0 Å². The number of urea groups is 1. The quantitative estimate of drug-likeness (QED) is 0.640. The SMILES string of the molecule is Cc1ccccc1OCCCNC(=O)NCCCCc1ccccc1.